The zero-order valence-corrected chi connectivity index (χ0v) is 69.0. The highest BCUT2D eigenvalue weighted by atomic mass is 79.9. The van der Waals surface area contributed by atoms with Crippen molar-refractivity contribution in [2.45, 2.75) is 74.4 Å². The maximum atomic E-state index is 13.2. The van der Waals surface area contributed by atoms with Crippen LogP contribution in [0.15, 0.2) is 288 Å². The number of alkyl halides is 1. The number of rotatable bonds is 27. The fraction of sp³-hybridized carbons (Fsp3) is 0.258. The van der Waals surface area contributed by atoms with Gasteiger partial charge in [-0.25, -0.2) is 9.97 Å². The molecule has 2 aromatic heterocycles. The third-order valence-electron chi connectivity index (χ3n) is 20.6. The number of halogens is 3. The van der Waals surface area contributed by atoms with Crippen LogP contribution in [0.25, 0.3) is 64.9 Å². The normalized spacial score (nSPS) is 13.2. The molecule has 111 heavy (non-hydrogen) atoms. The van der Waals surface area contributed by atoms with Crippen LogP contribution in [-0.4, -0.2) is 135 Å². The number of aliphatic hydroxyl groups is 2. The highest BCUT2D eigenvalue weighted by Crippen LogP contribution is 2.52. The number of methoxy groups -OCH3 is 2. The number of hydrogen-bond donors (Lipinski definition) is 2. The van der Waals surface area contributed by atoms with Crippen molar-refractivity contribution in [3.63, 3.8) is 0 Å². The molecule has 0 aliphatic heterocycles. The van der Waals surface area contributed by atoms with Crippen molar-refractivity contribution in [1.29, 1.82) is 0 Å². The third-order valence-corrected chi connectivity index (χ3v) is 21.8. The summed E-state index contributed by atoms with van der Waals surface area (Å²) in [6.45, 7) is 2.76. The van der Waals surface area contributed by atoms with Crippen molar-refractivity contribution >= 4 is 120 Å². The Labute approximate surface area is 676 Å². The number of hydrogen-bond acceptors (Lipinski definition) is 10. The van der Waals surface area contributed by atoms with E-state index >= 15 is 0 Å². The monoisotopic (exact) mass is 1620 g/mol. The molecule has 0 amide bonds. The van der Waals surface area contributed by atoms with E-state index in [0.29, 0.717) is 43.3 Å². The molecule has 0 saturated heterocycles. The molecule has 14 rings (SSSR count). The van der Waals surface area contributed by atoms with E-state index in [-0.39, 0.29) is 11.6 Å². The average Bonchev–Trinajstić information content (AvgIpc) is 0.743. The first-order valence-electron chi connectivity index (χ1n) is 38.1. The second-order valence-electron chi connectivity index (χ2n) is 30.1. The predicted molar refractivity (Wildman–Crippen MR) is 468 cm³/mol. The zero-order valence-electron chi connectivity index (χ0n) is 65.1. The molecule has 2 N–H and O–H groups in total. The molecule has 0 radical (unpaired) electrons. The van der Waals surface area contributed by atoms with Gasteiger partial charge in [0.1, 0.15) is 11.2 Å². The molecule has 11 nitrogen and oxygen atoms in total. The lowest BCUT2D eigenvalue weighted by Gasteiger charge is -2.39. The molecule has 0 saturated carbocycles. The smallest absolute Gasteiger partial charge is 0.217 e. The molecule has 12 aromatic carbocycles. The van der Waals surface area contributed by atoms with Gasteiger partial charge in [-0.15, -0.1) is 11.6 Å². The fourth-order valence-corrected chi connectivity index (χ4v) is 16.2. The lowest BCUT2D eigenvalue weighted by molar-refractivity contribution is -0.870. The lowest BCUT2D eigenvalue weighted by Crippen LogP contribution is -2.39. The Bertz CT molecular complexity index is 5450. The van der Waals surface area contributed by atoms with E-state index in [1.165, 1.54) is 0 Å². The second kappa shape index (κ2) is 38.6. The number of carbonyl (C=O) groups is 2. The van der Waals surface area contributed by atoms with Crippen LogP contribution >= 0.6 is 43.5 Å². The molecular weight excluding hydrogens is 1530 g/mol. The van der Waals surface area contributed by atoms with Gasteiger partial charge in [-0.3, -0.25) is 9.59 Å². The van der Waals surface area contributed by atoms with Crippen LogP contribution in [0.2, 0.25) is 0 Å². The molecule has 2 heterocycles. The Hall–Kier alpha value is -9.51. The van der Waals surface area contributed by atoms with Gasteiger partial charge in [0.15, 0.2) is 11.6 Å². The van der Waals surface area contributed by atoms with Crippen LogP contribution in [0.3, 0.4) is 0 Å². The number of Topliss-reactive ketones (excluding diaryl/α,β-unsaturated/α-hetero) is 2. The Balaban J connectivity index is 0.000000157. The number of fused-ring (bicyclic) bond motifs is 6. The highest BCUT2D eigenvalue weighted by molar-refractivity contribution is 9.10. The largest absolute Gasteiger partial charge is 0.481 e. The van der Waals surface area contributed by atoms with Crippen molar-refractivity contribution < 1.29 is 33.8 Å². The Morgan fingerprint density at radius 1 is 0.423 bits per heavy atom. The summed E-state index contributed by atoms with van der Waals surface area (Å²) in [5.41, 5.74) is 6.52. The van der Waals surface area contributed by atoms with Gasteiger partial charge in [0.05, 0.1) is 52.9 Å². The summed E-state index contributed by atoms with van der Waals surface area (Å²) >= 11 is 12.8. The van der Waals surface area contributed by atoms with E-state index in [4.69, 9.17) is 31.0 Å². The number of carbonyl (C=O) groups excluding carboxylic acids is 2. The minimum Gasteiger partial charge on any atom is -0.481 e. The Kier molecular flexibility index (Phi) is 28.7. The number of pyridine rings is 2. The van der Waals surface area contributed by atoms with E-state index in [1.807, 2.05) is 190 Å². The molecule has 4 atom stereocenters. The first-order chi connectivity index (χ1) is 53.6. The standard InChI is InChI=1S/C34H36BrN2O2.C33H33BrN2O2.C16H19NO.C14H13ClO/c1-37(2,3)21-11-20-34(38,30-17-10-15-24-12-8-9-16-28(24)30)32(25-13-6-5-7-14-25)29-23-26-22-27(35)18-19-31(26)36-33(29)39-4;1-36(2)20-10-19-33(37,29-16-9-14-23-11-7-8-15-27(23)29)31(24-12-5-4-6-13-24)28-22-25-21-26(34)17-18-30(25)35-32(28)38-3;1-17(2)12-6-11-16(18)15-10-5-8-13-7-3-4-9-14(13)15;15-10-4-9-14(16)13-8-3-6-11-5-1-2-7-12(11)13/h5-10,12-19,22-23,32,38H,11,20-21H2,1-4H3;4-9,11-18,21-22,31,37H,10,19-20H2,1-3H3;3-5,7-10H,6,11-12H2,1-2H3;1-3,5-8H,4,9-10H2/q+1;;;. The summed E-state index contributed by atoms with van der Waals surface area (Å²) in [5, 5.41) is 36.9. The number of ether oxygens (including phenoxy) is 2. The highest BCUT2D eigenvalue weighted by Gasteiger charge is 2.45. The first kappa shape index (κ1) is 82.5. The number of ketones is 2. The number of quaternary nitrogens is 1. The molecule has 570 valence electrons. The summed E-state index contributed by atoms with van der Waals surface area (Å²) in [7, 11) is 18.1. The van der Waals surface area contributed by atoms with E-state index in [1.54, 1.807) is 14.2 Å². The summed E-state index contributed by atoms with van der Waals surface area (Å²) < 4.78 is 14.6. The molecule has 0 fully saturated rings. The van der Waals surface area contributed by atoms with Gasteiger partial charge in [-0.05, 0) is 194 Å². The van der Waals surface area contributed by atoms with Gasteiger partial charge >= 0.3 is 0 Å². The zero-order chi connectivity index (χ0) is 78.7. The maximum absolute atomic E-state index is 13.2. The van der Waals surface area contributed by atoms with Gasteiger partial charge in [-0.2, -0.15) is 0 Å². The van der Waals surface area contributed by atoms with Crippen LogP contribution in [0.5, 0.6) is 11.8 Å². The average molecular weight is 1630 g/mol. The molecule has 0 aliphatic rings. The fourth-order valence-electron chi connectivity index (χ4n) is 15.3. The second-order valence-corrected chi connectivity index (χ2v) is 32.3. The van der Waals surface area contributed by atoms with Gasteiger partial charge in [0, 0.05) is 72.5 Å². The van der Waals surface area contributed by atoms with Crippen LogP contribution in [0.1, 0.15) is 117 Å². The van der Waals surface area contributed by atoms with Crippen LogP contribution in [-0.2, 0) is 11.2 Å². The van der Waals surface area contributed by atoms with Gasteiger partial charge in [0.2, 0.25) is 11.8 Å². The first-order valence-corrected chi connectivity index (χ1v) is 40.2. The number of nitrogens with zero attached hydrogens (tertiary/aromatic N) is 5. The summed E-state index contributed by atoms with van der Waals surface area (Å²) in [6.07, 6.45) is 5.61. The molecule has 14 heteroatoms. The van der Waals surface area contributed by atoms with Gasteiger partial charge in [0.25, 0.3) is 0 Å². The van der Waals surface area contributed by atoms with Crippen LogP contribution in [0, 0.1) is 0 Å². The van der Waals surface area contributed by atoms with Gasteiger partial charge < -0.3 is 34.0 Å². The van der Waals surface area contributed by atoms with Crippen molar-refractivity contribution in [3.05, 3.63) is 333 Å². The summed E-state index contributed by atoms with van der Waals surface area (Å²) in [6, 6.07) is 93.8. The van der Waals surface area contributed by atoms with E-state index in [0.717, 1.165) is 168 Å². The van der Waals surface area contributed by atoms with Crippen molar-refractivity contribution in [1.82, 2.24) is 19.8 Å². The molecule has 0 bridgehead atoms. The number of benzene rings is 12. The molecular formula is C97H101Br2ClN5O6+. The quantitative estimate of drug-likeness (QED) is 0.0292. The van der Waals surface area contributed by atoms with Crippen LogP contribution in [0.4, 0.5) is 0 Å². The molecule has 14 aromatic rings. The topological polar surface area (TPSA) is 125 Å². The lowest BCUT2D eigenvalue weighted by atomic mass is 9.70. The maximum Gasteiger partial charge on any atom is 0.217 e. The van der Waals surface area contributed by atoms with Gasteiger partial charge in [-0.1, -0.05) is 262 Å². The third kappa shape index (κ3) is 20.6. The molecule has 0 spiro atoms. The minimum atomic E-state index is -1.23. The summed E-state index contributed by atoms with van der Waals surface area (Å²) in [4.78, 5) is 38.3. The van der Waals surface area contributed by atoms with E-state index < -0.39 is 23.0 Å². The predicted octanol–water partition coefficient (Wildman–Crippen LogP) is 22.6. The SMILES string of the molecule is CN(C)CCCC(=O)c1cccc2ccccc12.COc1nc2ccc(Br)cc2cc1C(c1ccccc1)C(O)(CCCN(C)C)c1cccc2ccccc12.COc1nc2ccc(Br)cc2cc1C(c1ccccc1)C(O)(CCC[N+](C)(C)C)c1cccc2ccccc12.O=C(CCCCl)c1cccc2ccccc12. The Morgan fingerprint density at radius 2 is 0.775 bits per heavy atom. The van der Waals surface area contributed by atoms with Crippen molar-refractivity contribution in [2.24, 2.45) is 0 Å². The molecule has 0 aliphatic carbocycles. The minimum absolute atomic E-state index is 0.178. The Morgan fingerprint density at radius 3 is 1.17 bits per heavy atom. The van der Waals surface area contributed by atoms with E-state index in [9.17, 15) is 19.8 Å². The van der Waals surface area contributed by atoms with Crippen molar-refractivity contribution in [2.75, 3.05) is 89.1 Å². The van der Waals surface area contributed by atoms with Crippen molar-refractivity contribution in [3.8, 4) is 11.8 Å². The number of aromatic nitrogens is 2. The van der Waals surface area contributed by atoms with Crippen LogP contribution < -0.4 is 9.47 Å². The molecule has 4 unspecified atom stereocenters. The van der Waals surface area contributed by atoms with E-state index in [2.05, 4.69) is 180 Å². The summed E-state index contributed by atoms with van der Waals surface area (Å²) in [5.74, 6) is 1.19.